The van der Waals surface area contributed by atoms with Crippen LogP contribution in [0.25, 0.3) is 22.6 Å². The summed E-state index contributed by atoms with van der Waals surface area (Å²) in [5.74, 6) is 0.775. The molecule has 0 amide bonds. The maximum absolute atomic E-state index is 5.78. The number of nitrogens with zero attached hydrogens (tertiary/aromatic N) is 6. The predicted molar refractivity (Wildman–Crippen MR) is 80.1 cm³/mol. The maximum atomic E-state index is 5.78. The molecule has 3 aromatic heterocycles. The molecular weight excluding hydrogens is 286 g/mol. The van der Waals surface area contributed by atoms with Gasteiger partial charge in [-0.05, 0) is 24.2 Å². The third-order valence-corrected chi connectivity index (χ3v) is 3.31. The van der Waals surface area contributed by atoms with Gasteiger partial charge in [0.1, 0.15) is 12.6 Å². The van der Waals surface area contributed by atoms with Gasteiger partial charge in [0.15, 0.2) is 17.3 Å². The average molecular weight is 301 g/mol. The number of nitrogens with two attached hydrogens (primary N) is 1. The standard InChI is InChI=1S/C13H15N7O2/c1-4-20-11-8(7(2)17-21-3)5-15-6-9(11)16-13(20)10-12(14)19-22-18-10/h5-6H,4H2,1-3H3,(H2,14,19)/b17-7-. The fourth-order valence-electron chi connectivity index (χ4n) is 2.38. The minimum Gasteiger partial charge on any atom is -0.399 e. The lowest BCUT2D eigenvalue weighted by Gasteiger charge is -2.07. The van der Waals surface area contributed by atoms with Gasteiger partial charge in [-0.15, -0.1) is 0 Å². The van der Waals surface area contributed by atoms with Gasteiger partial charge in [-0.2, -0.15) is 0 Å². The van der Waals surface area contributed by atoms with Crippen molar-refractivity contribution in [2.75, 3.05) is 12.8 Å². The van der Waals surface area contributed by atoms with Crippen LogP contribution in [0, 0.1) is 0 Å². The van der Waals surface area contributed by atoms with Gasteiger partial charge in [-0.1, -0.05) is 5.16 Å². The molecule has 3 aromatic rings. The maximum Gasteiger partial charge on any atom is 0.199 e. The van der Waals surface area contributed by atoms with E-state index in [4.69, 9.17) is 10.6 Å². The second-order valence-corrected chi connectivity index (χ2v) is 4.59. The summed E-state index contributed by atoms with van der Waals surface area (Å²) in [6.07, 6.45) is 3.40. The first-order valence-corrected chi connectivity index (χ1v) is 6.68. The van der Waals surface area contributed by atoms with Gasteiger partial charge in [-0.3, -0.25) is 4.98 Å². The van der Waals surface area contributed by atoms with Crippen molar-refractivity contribution in [2.24, 2.45) is 5.16 Å². The van der Waals surface area contributed by atoms with Crippen LogP contribution in [0.15, 0.2) is 22.2 Å². The molecule has 3 rings (SSSR count). The lowest BCUT2D eigenvalue weighted by Crippen LogP contribution is -2.04. The molecule has 0 radical (unpaired) electrons. The van der Waals surface area contributed by atoms with Crippen LogP contribution < -0.4 is 5.73 Å². The van der Waals surface area contributed by atoms with E-state index in [0.717, 1.165) is 11.1 Å². The second kappa shape index (κ2) is 5.43. The molecule has 0 saturated carbocycles. The van der Waals surface area contributed by atoms with Crippen molar-refractivity contribution in [3.8, 4) is 11.5 Å². The van der Waals surface area contributed by atoms with Crippen molar-refractivity contribution in [1.82, 2.24) is 24.8 Å². The molecule has 0 spiro atoms. The van der Waals surface area contributed by atoms with Crippen molar-refractivity contribution < 1.29 is 9.47 Å². The molecule has 0 aromatic carbocycles. The Morgan fingerprint density at radius 3 is 2.86 bits per heavy atom. The predicted octanol–water partition coefficient (Wildman–Crippen LogP) is 1.45. The summed E-state index contributed by atoms with van der Waals surface area (Å²) in [6.45, 7) is 4.51. The zero-order valence-corrected chi connectivity index (χ0v) is 12.4. The Morgan fingerprint density at radius 1 is 1.41 bits per heavy atom. The first-order valence-electron chi connectivity index (χ1n) is 6.68. The number of pyridine rings is 1. The summed E-state index contributed by atoms with van der Waals surface area (Å²) in [4.78, 5) is 13.6. The molecular formula is C13H15N7O2. The van der Waals surface area contributed by atoms with Gasteiger partial charge < -0.3 is 15.1 Å². The number of aryl methyl sites for hydroxylation is 1. The molecule has 0 fully saturated rings. The number of aromatic nitrogens is 5. The van der Waals surface area contributed by atoms with Crippen LogP contribution in [0.1, 0.15) is 19.4 Å². The van der Waals surface area contributed by atoms with E-state index in [1.807, 2.05) is 18.4 Å². The summed E-state index contributed by atoms with van der Waals surface area (Å²) in [5.41, 5.74) is 9.31. The molecule has 114 valence electrons. The number of rotatable bonds is 4. The Hall–Kier alpha value is -2.97. The molecule has 0 bridgehead atoms. The highest BCUT2D eigenvalue weighted by molar-refractivity contribution is 6.08. The topological polar surface area (TPSA) is 117 Å². The van der Waals surface area contributed by atoms with Crippen molar-refractivity contribution in [2.45, 2.75) is 20.4 Å². The molecule has 0 aliphatic rings. The number of fused-ring (bicyclic) bond motifs is 1. The van der Waals surface area contributed by atoms with Crippen molar-refractivity contribution >= 4 is 22.6 Å². The van der Waals surface area contributed by atoms with E-state index in [2.05, 4.69) is 30.1 Å². The smallest absolute Gasteiger partial charge is 0.199 e. The SMILES string of the molecule is CCn1c(-c2nonc2N)nc2cncc(/C(C)=N\OC)c21. The molecule has 9 heteroatoms. The summed E-state index contributed by atoms with van der Waals surface area (Å²) < 4.78 is 6.64. The lowest BCUT2D eigenvalue weighted by molar-refractivity contribution is 0.213. The zero-order chi connectivity index (χ0) is 15.7. The first-order chi connectivity index (χ1) is 10.7. The fraction of sp³-hybridized carbons (Fsp3) is 0.308. The molecule has 3 heterocycles. The lowest BCUT2D eigenvalue weighted by atomic mass is 10.1. The highest BCUT2D eigenvalue weighted by Gasteiger charge is 2.21. The Labute approximate surface area is 125 Å². The molecule has 2 N–H and O–H groups in total. The van der Waals surface area contributed by atoms with Gasteiger partial charge in [-0.25, -0.2) is 9.61 Å². The van der Waals surface area contributed by atoms with E-state index in [1.165, 1.54) is 7.11 Å². The third-order valence-electron chi connectivity index (χ3n) is 3.31. The monoisotopic (exact) mass is 301 g/mol. The van der Waals surface area contributed by atoms with Crippen molar-refractivity contribution in [1.29, 1.82) is 0 Å². The van der Waals surface area contributed by atoms with Crippen LogP contribution in [-0.2, 0) is 11.4 Å². The van der Waals surface area contributed by atoms with E-state index >= 15 is 0 Å². The van der Waals surface area contributed by atoms with Gasteiger partial charge in [0, 0.05) is 18.3 Å². The number of imidazole rings is 1. The molecule has 22 heavy (non-hydrogen) atoms. The largest absolute Gasteiger partial charge is 0.399 e. The summed E-state index contributed by atoms with van der Waals surface area (Å²) in [6, 6.07) is 0. The summed E-state index contributed by atoms with van der Waals surface area (Å²) in [7, 11) is 1.50. The van der Waals surface area contributed by atoms with Crippen LogP contribution in [0.3, 0.4) is 0 Å². The second-order valence-electron chi connectivity index (χ2n) is 4.59. The van der Waals surface area contributed by atoms with E-state index in [-0.39, 0.29) is 5.82 Å². The summed E-state index contributed by atoms with van der Waals surface area (Å²) in [5, 5.41) is 11.4. The van der Waals surface area contributed by atoms with Gasteiger partial charge in [0.05, 0.1) is 17.4 Å². The molecule has 0 aliphatic carbocycles. The normalized spacial score (nSPS) is 12.0. The molecule has 0 aliphatic heterocycles. The van der Waals surface area contributed by atoms with Crippen LogP contribution >= 0.6 is 0 Å². The number of nitrogen functional groups attached to an aromatic ring is 1. The molecule has 9 nitrogen and oxygen atoms in total. The highest BCUT2D eigenvalue weighted by Crippen LogP contribution is 2.28. The molecule has 0 unspecified atom stereocenters. The van der Waals surface area contributed by atoms with Crippen LogP contribution in [-0.4, -0.2) is 37.7 Å². The Morgan fingerprint density at radius 2 is 2.23 bits per heavy atom. The molecule has 0 atom stereocenters. The minimum absolute atomic E-state index is 0.196. The average Bonchev–Trinajstić information content (AvgIpc) is 3.09. The summed E-state index contributed by atoms with van der Waals surface area (Å²) >= 11 is 0. The van der Waals surface area contributed by atoms with Crippen LogP contribution in [0.5, 0.6) is 0 Å². The van der Waals surface area contributed by atoms with E-state index in [1.54, 1.807) is 12.4 Å². The van der Waals surface area contributed by atoms with Gasteiger partial charge in [0.25, 0.3) is 0 Å². The quantitative estimate of drug-likeness (QED) is 0.572. The van der Waals surface area contributed by atoms with E-state index < -0.39 is 0 Å². The third kappa shape index (κ3) is 2.07. The van der Waals surface area contributed by atoms with Gasteiger partial charge in [0.2, 0.25) is 0 Å². The minimum atomic E-state index is 0.196. The van der Waals surface area contributed by atoms with E-state index in [9.17, 15) is 0 Å². The molecule has 0 saturated heterocycles. The van der Waals surface area contributed by atoms with Gasteiger partial charge >= 0.3 is 0 Å². The van der Waals surface area contributed by atoms with Crippen LogP contribution in [0.4, 0.5) is 5.82 Å². The van der Waals surface area contributed by atoms with Crippen LogP contribution in [0.2, 0.25) is 0 Å². The number of oxime groups is 1. The highest BCUT2D eigenvalue weighted by atomic mass is 16.6. The Kier molecular flexibility index (Phi) is 3.45. The number of anilines is 1. The van der Waals surface area contributed by atoms with Crippen molar-refractivity contribution in [3.05, 3.63) is 18.0 Å². The Balaban J connectivity index is 2.32. The number of hydrogen-bond acceptors (Lipinski definition) is 8. The Bertz CT molecular complexity index is 849. The van der Waals surface area contributed by atoms with Crippen molar-refractivity contribution in [3.63, 3.8) is 0 Å². The number of hydrogen-bond donors (Lipinski definition) is 1. The fourth-order valence-corrected chi connectivity index (χ4v) is 2.38. The first kappa shape index (κ1) is 14.0. The van der Waals surface area contributed by atoms with E-state index in [0.29, 0.717) is 29.3 Å². The zero-order valence-electron chi connectivity index (χ0n) is 12.4.